The summed E-state index contributed by atoms with van der Waals surface area (Å²) in [6.45, 7) is 0. The predicted octanol–water partition coefficient (Wildman–Crippen LogP) is 2.33. The molecule has 1 aromatic rings. The average molecular weight is 308 g/mol. The fourth-order valence-corrected chi connectivity index (χ4v) is 2.02. The van der Waals surface area contributed by atoms with Crippen LogP contribution in [-0.4, -0.2) is 27.9 Å². The summed E-state index contributed by atoms with van der Waals surface area (Å²) < 4.78 is 0. The molecule has 0 radical (unpaired) electrons. The molecule has 2 N–H and O–H groups in total. The number of carbonyl (C=O) groups excluding carboxylic acids is 1. The lowest BCUT2D eigenvalue weighted by atomic mass is 10.0. The second-order valence-electron chi connectivity index (χ2n) is 3.39. The Labute approximate surface area is 107 Å². The Hall–Kier alpha value is -0.420. The Morgan fingerprint density at radius 1 is 1.44 bits per heavy atom. The molecular weight excluding hydrogens is 295 g/mol. The molecule has 2 atom stereocenters. The number of hydrogen-bond acceptors (Lipinski definition) is 3. The van der Waals surface area contributed by atoms with Crippen LogP contribution in [0.1, 0.15) is 28.4 Å². The Morgan fingerprint density at radius 2 is 2.12 bits per heavy atom. The molecule has 0 aliphatic carbocycles. The van der Waals surface area contributed by atoms with Crippen LogP contribution in [0.5, 0.6) is 0 Å². The molecule has 0 aromatic heterocycles. The lowest BCUT2D eigenvalue weighted by Crippen LogP contribution is -2.18. The third-order valence-corrected chi connectivity index (χ3v) is 3.05. The van der Waals surface area contributed by atoms with Crippen molar-refractivity contribution in [1.29, 1.82) is 0 Å². The molecule has 0 spiro atoms. The van der Waals surface area contributed by atoms with Crippen molar-refractivity contribution in [2.75, 3.05) is 5.33 Å². The fourth-order valence-electron chi connectivity index (χ4n) is 1.31. The van der Waals surface area contributed by atoms with Gasteiger partial charge in [0.2, 0.25) is 0 Å². The second-order valence-corrected chi connectivity index (χ2v) is 4.59. The highest BCUT2D eigenvalue weighted by Crippen LogP contribution is 2.24. The van der Waals surface area contributed by atoms with Gasteiger partial charge in [-0.3, -0.25) is 4.79 Å². The Morgan fingerprint density at radius 3 is 2.62 bits per heavy atom. The van der Waals surface area contributed by atoms with Crippen LogP contribution in [-0.2, 0) is 0 Å². The highest BCUT2D eigenvalue weighted by Gasteiger charge is 2.18. The predicted molar refractivity (Wildman–Crippen MR) is 66.2 cm³/mol. The summed E-state index contributed by atoms with van der Waals surface area (Å²) in [6, 6.07) is 4.60. The summed E-state index contributed by atoms with van der Waals surface area (Å²) in [6.07, 6.45) is -0.755. The van der Waals surface area contributed by atoms with Gasteiger partial charge in [-0.25, -0.2) is 0 Å². The molecule has 0 amide bonds. The number of halogens is 2. The van der Waals surface area contributed by atoms with Gasteiger partial charge < -0.3 is 10.2 Å². The Balaban J connectivity index is 2.88. The minimum absolute atomic E-state index is 0.276. The van der Waals surface area contributed by atoms with Crippen LogP contribution >= 0.6 is 27.5 Å². The summed E-state index contributed by atoms with van der Waals surface area (Å²) in [5, 5.41) is 20.3. The maximum absolute atomic E-state index is 10.5. The van der Waals surface area contributed by atoms with Gasteiger partial charge in [-0.15, -0.1) is 0 Å². The van der Waals surface area contributed by atoms with E-state index in [-0.39, 0.29) is 5.02 Å². The molecule has 5 heteroatoms. The average Bonchev–Trinajstić information content (AvgIpc) is 2.28. The monoisotopic (exact) mass is 306 g/mol. The van der Waals surface area contributed by atoms with Crippen LogP contribution in [0.25, 0.3) is 0 Å². The van der Waals surface area contributed by atoms with Crippen molar-refractivity contribution in [3.63, 3.8) is 0 Å². The van der Waals surface area contributed by atoms with Crippen molar-refractivity contribution in [3.8, 4) is 0 Å². The van der Waals surface area contributed by atoms with Crippen LogP contribution in [0.2, 0.25) is 5.02 Å². The SMILES string of the molecule is O=Cc1ccc(C(O)C(O)CCBr)cc1Cl. The molecule has 0 heterocycles. The van der Waals surface area contributed by atoms with Crippen LogP contribution in [0.3, 0.4) is 0 Å². The first-order valence-electron chi connectivity index (χ1n) is 4.77. The van der Waals surface area contributed by atoms with E-state index >= 15 is 0 Å². The maximum atomic E-state index is 10.5. The molecule has 0 saturated heterocycles. The third kappa shape index (κ3) is 3.28. The number of carbonyl (C=O) groups is 1. The molecule has 0 bridgehead atoms. The number of rotatable bonds is 5. The Bertz CT molecular complexity index is 370. The second kappa shape index (κ2) is 6.35. The van der Waals surface area contributed by atoms with Crippen LogP contribution in [0, 0.1) is 0 Å². The number of hydrogen-bond donors (Lipinski definition) is 2. The van der Waals surface area contributed by atoms with Gasteiger partial charge in [0.05, 0.1) is 11.1 Å². The summed E-state index contributed by atoms with van der Waals surface area (Å²) in [5.74, 6) is 0. The molecule has 1 aromatic carbocycles. The number of aliphatic hydroxyl groups excluding tert-OH is 2. The van der Waals surface area contributed by atoms with E-state index in [0.717, 1.165) is 0 Å². The molecule has 2 unspecified atom stereocenters. The van der Waals surface area contributed by atoms with E-state index in [2.05, 4.69) is 15.9 Å². The fraction of sp³-hybridized carbons (Fsp3) is 0.364. The molecule has 0 aliphatic rings. The Kier molecular flexibility index (Phi) is 5.41. The van der Waals surface area contributed by atoms with Gasteiger partial charge in [-0.05, 0) is 24.1 Å². The molecule has 1 rings (SSSR count). The third-order valence-electron chi connectivity index (χ3n) is 2.26. The molecule has 88 valence electrons. The minimum atomic E-state index is -0.990. The van der Waals surface area contributed by atoms with Gasteiger partial charge in [-0.1, -0.05) is 33.6 Å². The first-order chi connectivity index (χ1) is 7.60. The van der Waals surface area contributed by atoms with E-state index in [0.29, 0.717) is 29.2 Å². The van der Waals surface area contributed by atoms with Crippen LogP contribution in [0.4, 0.5) is 0 Å². The number of alkyl halides is 1. The molecule has 0 saturated carbocycles. The van der Waals surface area contributed by atoms with Gasteiger partial charge in [0.15, 0.2) is 6.29 Å². The van der Waals surface area contributed by atoms with Gasteiger partial charge >= 0.3 is 0 Å². The van der Waals surface area contributed by atoms with E-state index in [1.807, 2.05) is 0 Å². The number of benzene rings is 1. The van der Waals surface area contributed by atoms with Crippen molar-refractivity contribution in [1.82, 2.24) is 0 Å². The van der Waals surface area contributed by atoms with Crippen molar-refractivity contribution in [3.05, 3.63) is 34.3 Å². The summed E-state index contributed by atoms with van der Waals surface area (Å²) >= 11 is 9.01. The van der Waals surface area contributed by atoms with Gasteiger partial charge in [0.25, 0.3) is 0 Å². The van der Waals surface area contributed by atoms with Gasteiger partial charge in [0.1, 0.15) is 6.10 Å². The zero-order valence-electron chi connectivity index (χ0n) is 8.44. The summed E-state index contributed by atoms with van der Waals surface area (Å²) in [5.41, 5.74) is 0.872. The van der Waals surface area contributed by atoms with Crippen LogP contribution < -0.4 is 0 Å². The van der Waals surface area contributed by atoms with Crippen molar-refractivity contribution in [2.24, 2.45) is 0 Å². The molecular formula is C11H12BrClO3. The highest BCUT2D eigenvalue weighted by molar-refractivity contribution is 9.09. The first kappa shape index (κ1) is 13.6. The first-order valence-corrected chi connectivity index (χ1v) is 6.26. The lowest BCUT2D eigenvalue weighted by molar-refractivity contribution is 0.0173. The van der Waals surface area contributed by atoms with Crippen LogP contribution in [0.15, 0.2) is 18.2 Å². The topological polar surface area (TPSA) is 57.5 Å². The van der Waals surface area contributed by atoms with Crippen molar-refractivity contribution >= 4 is 33.8 Å². The van der Waals surface area contributed by atoms with E-state index < -0.39 is 12.2 Å². The lowest BCUT2D eigenvalue weighted by Gasteiger charge is -2.17. The zero-order chi connectivity index (χ0) is 12.1. The standard InChI is InChI=1S/C11H12BrClO3/c12-4-3-10(15)11(16)7-1-2-8(6-14)9(13)5-7/h1-2,5-6,10-11,15-16H,3-4H2. The van der Waals surface area contributed by atoms with E-state index in [4.69, 9.17) is 11.6 Å². The normalized spacial score (nSPS) is 14.5. The quantitative estimate of drug-likeness (QED) is 0.648. The number of aldehydes is 1. The minimum Gasteiger partial charge on any atom is -0.390 e. The maximum Gasteiger partial charge on any atom is 0.151 e. The smallest absolute Gasteiger partial charge is 0.151 e. The van der Waals surface area contributed by atoms with Gasteiger partial charge in [0, 0.05) is 10.9 Å². The summed E-state index contributed by atoms with van der Waals surface area (Å²) in [4.78, 5) is 10.5. The van der Waals surface area contributed by atoms with Crippen molar-refractivity contribution in [2.45, 2.75) is 18.6 Å². The van der Waals surface area contributed by atoms with E-state index in [9.17, 15) is 15.0 Å². The number of aliphatic hydroxyl groups is 2. The summed E-state index contributed by atoms with van der Waals surface area (Å²) in [7, 11) is 0. The molecule has 3 nitrogen and oxygen atoms in total. The largest absolute Gasteiger partial charge is 0.390 e. The molecule has 0 fully saturated rings. The van der Waals surface area contributed by atoms with E-state index in [1.165, 1.54) is 12.1 Å². The van der Waals surface area contributed by atoms with Crippen molar-refractivity contribution < 1.29 is 15.0 Å². The van der Waals surface area contributed by atoms with Gasteiger partial charge in [-0.2, -0.15) is 0 Å². The molecule has 0 aliphatic heterocycles. The molecule has 16 heavy (non-hydrogen) atoms. The zero-order valence-corrected chi connectivity index (χ0v) is 10.8. The van der Waals surface area contributed by atoms with E-state index in [1.54, 1.807) is 6.07 Å². The highest BCUT2D eigenvalue weighted by atomic mass is 79.9.